The van der Waals surface area contributed by atoms with Crippen LogP contribution in [0.15, 0.2) is 29.1 Å². The molecule has 0 saturated carbocycles. The van der Waals surface area contributed by atoms with Gasteiger partial charge < -0.3 is 9.72 Å². The van der Waals surface area contributed by atoms with Crippen LogP contribution in [0.25, 0.3) is 11.4 Å². The Bertz CT molecular complexity index is 667. The summed E-state index contributed by atoms with van der Waals surface area (Å²) in [5.74, 6) is 2.91. The van der Waals surface area contributed by atoms with Crippen molar-refractivity contribution in [2.24, 2.45) is 0 Å². The molecule has 1 aliphatic rings. The highest BCUT2D eigenvalue weighted by Gasteiger charge is 2.19. The number of H-pyrrole nitrogens is 1. The van der Waals surface area contributed by atoms with Crippen molar-refractivity contribution in [3.8, 4) is 17.1 Å². The zero-order chi connectivity index (χ0) is 13.2. The molecule has 1 N–H and O–H groups in total. The molecular formula is C14H14N2O2S. The molecule has 0 bridgehead atoms. The smallest absolute Gasteiger partial charge is 0.255 e. The zero-order valence-electron chi connectivity index (χ0n) is 10.6. The fourth-order valence-electron chi connectivity index (χ4n) is 2.13. The molecule has 2 heterocycles. The third-order valence-corrected chi connectivity index (χ3v) is 4.00. The van der Waals surface area contributed by atoms with Gasteiger partial charge in [-0.3, -0.25) is 4.79 Å². The topological polar surface area (TPSA) is 55.0 Å². The average Bonchev–Trinajstić information content (AvgIpc) is 2.88. The number of ether oxygens (including phenoxy) is 1. The first kappa shape index (κ1) is 12.3. The van der Waals surface area contributed by atoms with Crippen molar-refractivity contribution in [2.75, 3.05) is 6.61 Å². The SMILES string of the molecule is CCOc1ccccc1-c1nc2c(c(=O)[nH]1)CSC2. The molecule has 0 saturated heterocycles. The lowest BCUT2D eigenvalue weighted by Crippen LogP contribution is -2.15. The second-order valence-corrected chi connectivity index (χ2v) is 5.25. The Kier molecular flexibility index (Phi) is 3.29. The lowest BCUT2D eigenvalue weighted by molar-refractivity contribution is 0.341. The Morgan fingerprint density at radius 3 is 3.05 bits per heavy atom. The molecule has 0 fully saturated rings. The van der Waals surface area contributed by atoms with Crippen molar-refractivity contribution >= 4 is 11.8 Å². The van der Waals surface area contributed by atoms with Crippen LogP contribution in [0.2, 0.25) is 0 Å². The summed E-state index contributed by atoms with van der Waals surface area (Å²) in [6, 6.07) is 7.63. The maximum atomic E-state index is 12.0. The Hall–Kier alpha value is -1.75. The quantitative estimate of drug-likeness (QED) is 0.934. The van der Waals surface area contributed by atoms with E-state index in [1.807, 2.05) is 31.2 Å². The minimum absolute atomic E-state index is 0.0312. The number of nitrogens with one attached hydrogen (secondary N) is 1. The van der Waals surface area contributed by atoms with Crippen molar-refractivity contribution in [3.63, 3.8) is 0 Å². The normalized spacial score (nSPS) is 13.3. The summed E-state index contributed by atoms with van der Waals surface area (Å²) in [5, 5.41) is 0. The standard InChI is InChI=1S/C14H14N2O2S/c1-2-18-12-6-4-3-5-9(12)13-15-11-8-19-7-10(11)14(17)16-13/h3-6H,2,7-8H2,1H3,(H,15,16,17). The Balaban J connectivity index is 2.13. The number of para-hydroxylation sites is 1. The number of benzene rings is 1. The number of fused-ring (bicyclic) bond motifs is 1. The van der Waals surface area contributed by atoms with Gasteiger partial charge in [0.25, 0.3) is 5.56 Å². The molecule has 0 aliphatic carbocycles. The van der Waals surface area contributed by atoms with E-state index in [0.29, 0.717) is 12.4 Å². The molecular weight excluding hydrogens is 260 g/mol. The van der Waals surface area contributed by atoms with Crippen molar-refractivity contribution in [3.05, 3.63) is 45.9 Å². The van der Waals surface area contributed by atoms with Crippen LogP contribution in [-0.2, 0) is 11.5 Å². The van der Waals surface area contributed by atoms with Crippen LogP contribution in [0.3, 0.4) is 0 Å². The summed E-state index contributed by atoms with van der Waals surface area (Å²) >= 11 is 1.72. The highest BCUT2D eigenvalue weighted by atomic mass is 32.2. The second-order valence-electron chi connectivity index (χ2n) is 4.26. The van der Waals surface area contributed by atoms with Gasteiger partial charge in [-0.1, -0.05) is 12.1 Å². The van der Waals surface area contributed by atoms with Gasteiger partial charge in [-0.15, -0.1) is 0 Å². The number of nitrogens with zero attached hydrogens (tertiary/aromatic N) is 1. The molecule has 1 aliphatic heterocycles. The minimum atomic E-state index is -0.0312. The summed E-state index contributed by atoms with van der Waals surface area (Å²) in [4.78, 5) is 19.5. The second kappa shape index (κ2) is 5.09. The largest absolute Gasteiger partial charge is 0.493 e. The summed E-state index contributed by atoms with van der Waals surface area (Å²) in [5.41, 5.74) is 2.51. The predicted molar refractivity (Wildman–Crippen MR) is 76.5 cm³/mol. The van der Waals surface area contributed by atoms with E-state index in [0.717, 1.165) is 34.1 Å². The zero-order valence-corrected chi connectivity index (χ0v) is 11.4. The van der Waals surface area contributed by atoms with Crippen molar-refractivity contribution in [2.45, 2.75) is 18.4 Å². The summed E-state index contributed by atoms with van der Waals surface area (Å²) in [7, 11) is 0. The lowest BCUT2D eigenvalue weighted by Gasteiger charge is -2.10. The van der Waals surface area contributed by atoms with Crippen LogP contribution in [-0.4, -0.2) is 16.6 Å². The van der Waals surface area contributed by atoms with Gasteiger partial charge in [0.2, 0.25) is 0 Å². The summed E-state index contributed by atoms with van der Waals surface area (Å²) in [6.07, 6.45) is 0. The molecule has 98 valence electrons. The van der Waals surface area contributed by atoms with Crippen LogP contribution < -0.4 is 10.3 Å². The lowest BCUT2D eigenvalue weighted by atomic mass is 10.1. The Labute approximate surface area is 115 Å². The number of aromatic amines is 1. The van der Waals surface area contributed by atoms with E-state index in [1.165, 1.54) is 0 Å². The molecule has 0 atom stereocenters. The van der Waals surface area contributed by atoms with E-state index in [4.69, 9.17) is 4.74 Å². The van der Waals surface area contributed by atoms with Crippen molar-refractivity contribution < 1.29 is 4.74 Å². The van der Waals surface area contributed by atoms with E-state index in [9.17, 15) is 4.79 Å². The van der Waals surface area contributed by atoms with Crippen LogP contribution in [0, 0.1) is 0 Å². The molecule has 0 spiro atoms. The number of thioether (sulfide) groups is 1. The van der Waals surface area contributed by atoms with E-state index in [1.54, 1.807) is 11.8 Å². The molecule has 19 heavy (non-hydrogen) atoms. The molecule has 3 rings (SSSR count). The molecule has 0 unspecified atom stereocenters. The van der Waals surface area contributed by atoms with Gasteiger partial charge in [-0.25, -0.2) is 4.98 Å². The minimum Gasteiger partial charge on any atom is -0.493 e. The predicted octanol–water partition coefficient (Wildman–Crippen LogP) is 2.58. The fourth-order valence-corrected chi connectivity index (χ4v) is 3.17. The van der Waals surface area contributed by atoms with Crippen molar-refractivity contribution in [1.29, 1.82) is 0 Å². The van der Waals surface area contributed by atoms with Gasteiger partial charge in [-0.2, -0.15) is 11.8 Å². The first-order valence-electron chi connectivity index (χ1n) is 6.21. The van der Waals surface area contributed by atoms with Crippen molar-refractivity contribution in [1.82, 2.24) is 9.97 Å². The van der Waals surface area contributed by atoms with Crippen LogP contribution in [0.5, 0.6) is 5.75 Å². The highest BCUT2D eigenvalue weighted by Crippen LogP contribution is 2.30. The molecule has 5 heteroatoms. The first-order valence-corrected chi connectivity index (χ1v) is 7.37. The molecule has 0 amide bonds. The van der Waals surface area contributed by atoms with Gasteiger partial charge in [0.1, 0.15) is 11.6 Å². The third kappa shape index (κ3) is 2.26. The van der Waals surface area contributed by atoms with E-state index in [2.05, 4.69) is 9.97 Å². The number of hydrogen-bond donors (Lipinski definition) is 1. The van der Waals surface area contributed by atoms with Crippen LogP contribution in [0.1, 0.15) is 18.2 Å². The number of aromatic nitrogens is 2. The van der Waals surface area contributed by atoms with E-state index >= 15 is 0 Å². The van der Waals surface area contributed by atoms with Gasteiger partial charge in [-0.05, 0) is 19.1 Å². The average molecular weight is 274 g/mol. The van der Waals surface area contributed by atoms with Gasteiger partial charge in [0.15, 0.2) is 0 Å². The molecule has 1 aromatic carbocycles. The van der Waals surface area contributed by atoms with E-state index < -0.39 is 0 Å². The Morgan fingerprint density at radius 2 is 2.21 bits per heavy atom. The number of hydrogen-bond acceptors (Lipinski definition) is 4. The van der Waals surface area contributed by atoms with Crippen LogP contribution >= 0.6 is 11.8 Å². The highest BCUT2D eigenvalue weighted by molar-refractivity contribution is 7.98. The van der Waals surface area contributed by atoms with Crippen LogP contribution in [0.4, 0.5) is 0 Å². The Morgan fingerprint density at radius 1 is 1.37 bits per heavy atom. The maximum absolute atomic E-state index is 12.0. The van der Waals surface area contributed by atoms with Gasteiger partial charge in [0, 0.05) is 17.1 Å². The number of rotatable bonds is 3. The van der Waals surface area contributed by atoms with Gasteiger partial charge >= 0.3 is 0 Å². The molecule has 1 aromatic heterocycles. The first-order chi connectivity index (χ1) is 9.29. The fraction of sp³-hybridized carbons (Fsp3) is 0.286. The molecule has 0 radical (unpaired) electrons. The molecule has 2 aromatic rings. The molecule has 4 nitrogen and oxygen atoms in total. The van der Waals surface area contributed by atoms with Gasteiger partial charge in [0.05, 0.1) is 17.9 Å². The maximum Gasteiger partial charge on any atom is 0.255 e. The van der Waals surface area contributed by atoms with E-state index in [-0.39, 0.29) is 5.56 Å². The summed E-state index contributed by atoms with van der Waals surface area (Å²) in [6.45, 7) is 2.52. The summed E-state index contributed by atoms with van der Waals surface area (Å²) < 4.78 is 5.58. The third-order valence-electron chi connectivity index (χ3n) is 3.03. The monoisotopic (exact) mass is 274 g/mol.